The molecule has 1 atom stereocenters. The lowest BCUT2D eigenvalue weighted by Crippen LogP contribution is -2.33. The number of hydrogen-bond acceptors (Lipinski definition) is 6. The monoisotopic (exact) mass is 325 g/mol. The molecule has 0 radical (unpaired) electrons. The minimum absolute atomic E-state index is 0.0532. The van der Waals surface area contributed by atoms with Crippen molar-refractivity contribution < 1.29 is 17.9 Å². The first kappa shape index (κ1) is 15.6. The van der Waals surface area contributed by atoms with Gasteiger partial charge in [-0.1, -0.05) is 0 Å². The number of rotatable bonds is 3. The molecule has 1 aliphatic rings. The van der Waals surface area contributed by atoms with Gasteiger partial charge in [0.05, 0.1) is 24.2 Å². The standard InChI is InChI=1S/C14H14F3N5O/c15-14(16,17)13-19-4-3-12(22-13)21-9-1-2-10(20-7-9)11-8-18-5-6-23-11/h1-4,7,11,18H,5-6,8H2,(H,19,21,22)/t11-/m0/s1. The first-order chi connectivity index (χ1) is 11.0. The smallest absolute Gasteiger partial charge is 0.369 e. The topological polar surface area (TPSA) is 72.0 Å². The number of nitrogens with zero attached hydrogens (tertiary/aromatic N) is 3. The molecule has 0 amide bonds. The second-order valence-electron chi connectivity index (χ2n) is 4.92. The lowest BCUT2D eigenvalue weighted by Gasteiger charge is -2.23. The molecule has 0 bridgehead atoms. The molecule has 6 nitrogen and oxygen atoms in total. The van der Waals surface area contributed by atoms with E-state index in [2.05, 4.69) is 25.6 Å². The maximum absolute atomic E-state index is 12.6. The number of morpholine rings is 1. The molecule has 9 heteroatoms. The summed E-state index contributed by atoms with van der Waals surface area (Å²) in [7, 11) is 0. The summed E-state index contributed by atoms with van der Waals surface area (Å²) in [6.45, 7) is 2.11. The Hall–Kier alpha value is -2.26. The molecular weight excluding hydrogens is 311 g/mol. The Bertz CT molecular complexity index is 656. The van der Waals surface area contributed by atoms with Gasteiger partial charge in [0.25, 0.3) is 0 Å². The fourth-order valence-electron chi connectivity index (χ4n) is 2.14. The summed E-state index contributed by atoms with van der Waals surface area (Å²) < 4.78 is 43.3. The second-order valence-corrected chi connectivity index (χ2v) is 4.92. The Balaban J connectivity index is 1.71. The van der Waals surface area contributed by atoms with E-state index in [1.54, 1.807) is 12.1 Å². The molecule has 0 saturated carbocycles. The van der Waals surface area contributed by atoms with Gasteiger partial charge in [-0.2, -0.15) is 13.2 Å². The predicted octanol–water partition coefficient (Wildman–Crippen LogP) is 2.29. The number of alkyl halides is 3. The van der Waals surface area contributed by atoms with Gasteiger partial charge in [0, 0.05) is 19.3 Å². The molecule has 0 aromatic carbocycles. The summed E-state index contributed by atoms with van der Waals surface area (Å²) in [6.07, 6.45) is -2.11. The van der Waals surface area contributed by atoms with E-state index in [4.69, 9.17) is 4.74 Å². The quantitative estimate of drug-likeness (QED) is 0.902. The van der Waals surface area contributed by atoms with Crippen LogP contribution in [0.4, 0.5) is 24.7 Å². The zero-order valence-corrected chi connectivity index (χ0v) is 12.0. The lowest BCUT2D eigenvalue weighted by molar-refractivity contribution is -0.144. The van der Waals surface area contributed by atoms with Crippen molar-refractivity contribution in [2.75, 3.05) is 25.0 Å². The molecule has 2 N–H and O–H groups in total. The summed E-state index contributed by atoms with van der Waals surface area (Å²) in [4.78, 5) is 10.9. The molecule has 1 aliphatic heterocycles. The molecule has 3 heterocycles. The van der Waals surface area contributed by atoms with Crippen LogP contribution < -0.4 is 10.6 Å². The molecule has 23 heavy (non-hydrogen) atoms. The van der Waals surface area contributed by atoms with E-state index in [1.807, 2.05) is 0 Å². The van der Waals surface area contributed by atoms with Gasteiger partial charge in [-0.15, -0.1) is 0 Å². The van der Waals surface area contributed by atoms with E-state index in [1.165, 1.54) is 12.3 Å². The summed E-state index contributed by atoms with van der Waals surface area (Å²) in [5.74, 6) is -1.13. The number of aromatic nitrogens is 3. The maximum Gasteiger partial charge on any atom is 0.451 e. The van der Waals surface area contributed by atoms with Crippen molar-refractivity contribution in [3.05, 3.63) is 42.1 Å². The van der Waals surface area contributed by atoms with E-state index >= 15 is 0 Å². The highest BCUT2D eigenvalue weighted by atomic mass is 19.4. The SMILES string of the molecule is FC(F)(F)c1nccc(Nc2ccc([C@@H]3CNCCO3)nc2)n1. The molecule has 0 spiro atoms. The van der Waals surface area contributed by atoms with Crippen molar-refractivity contribution in [3.8, 4) is 0 Å². The van der Waals surface area contributed by atoms with Crippen molar-refractivity contribution >= 4 is 11.5 Å². The number of pyridine rings is 1. The Morgan fingerprint density at radius 1 is 1.22 bits per heavy atom. The number of halogens is 3. The Morgan fingerprint density at radius 2 is 2.09 bits per heavy atom. The van der Waals surface area contributed by atoms with Crippen LogP contribution in [0.1, 0.15) is 17.6 Å². The second kappa shape index (κ2) is 6.47. The van der Waals surface area contributed by atoms with E-state index in [0.717, 1.165) is 18.4 Å². The van der Waals surface area contributed by atoms with Crippen LogP contribution in [0.25, 0.3) is 0 Å². The maximum atomic E-state index is 12.6. The highest BCUT2D eigenvalue weighted by Crippen LogP contribution is 2.27. The van der Waals surface area contributed by atoms with Crippen molar-refractivity contribution in [2.24, 2.45) is 0 Å². The van der Waals surface area contributed by atoms with Gasteiger partial charge < -0.3 is 15.4 Å². The molecule has 3 rings (SSSR count). The highest BCUT2D eigenvalue weighted by Gasteiger charge is 2.34. The molecule has 2 aromatic rings. The predicted molar refractivity (Wildman–Crippen MR) is 76.1 cm³/mol. The zero-order valence-electron chi connectivity index (χ0n) is 12.0. The fraction of sp³-hybridized carbons (Fsp3) is 0.357. The molecule has 2 aromatic heterocycles. The third-order valence-corrected chi connectivity index (χ3v) is 3.23. The van der Waals surface area contributed by atoms with Gasteiger partial charge >= 0.3 is 6.18 Å². The van der Waals surface area contributed by atoms with E-state index in [0.29, 0.717) is 18.8 Å². The van der Waals surface area contributed by atoms with Crippen LogP contribution in [0.5, 0.6) is 0 Å². The van der Waals surface area contributed by atoms with Crippen LogP contribution in [-0.2, 0) is 10.9 Å². The van der Waals surface area contributed by atoms with Crippen LogP contribution >= 0.6 is 0 Å². The molecular formula is C14H14F3N5O. The summed E-state index contributed by atoms with van der Waals surface area (Å²) >= 11 is 0. The first-order valence-electron chi connectivity index (χ1n) is 6.98. The van der Waals surface area contributed by atoms with Crippen molar-refractivity contribution in [1.82, 2.24) is 20.3 Å². The van der Waals surface area contributed by atoms with Crippen molar-refractivity contribution in [3.63, 3.8) is 0 Å². The summed E-state index contributed by atoms with van der Waals surface area (Å²) in [5.41, 5.74) is 1.30. The third kappa shape index (κ3) is 3.93. The average Bonchev–Trinajstić information content (AvgIpc) is 2.56. The largest absolute Gasteiger partial charge is 0.451 e. The Morgan fingerprint density at radius 3 is 2.74 bits per heavy atom. The van der Waals surface area contributed by atoms with E-state index in [9.17, 15) is 13.2 Å². The van der Waals surface area contributed by atoms with Gasteiger partial charge in [-0.05, 0) is 18.2 Å². The average molecular weight is 325 g/mol. The first-order valence-corrected chi connectivity index (χ1v) is 6.98. The highest BCUT2D eigenvalue weighted by molar-refractivity contribution is 5.54. The van der Waals surface area contributed by atoms with Crippen LogP contribution in [-0.4, -0.2) is 34.6 Å². The minimum atomic E-state index is -4.58. The minimum Gasteiger partial charge on any atom is -0.369 e. The number of ether oxygens (including phenoxy) is 1. The van der Waals surface area contributed by atoms with Gasteiger partial charge in [0.1, 0.15) is 11.9 Å². The number of hydrogen-bond donors (Lipinski definition) is 2. The summed E-state index contributed by atoms with van der Waals surface area (Å²) in [6, 6.07) is 4.85. The van der Waals surface area contributed by atoms with Crippen molar-refractivity contribution in [1.29, 1.82) is 0 Å². The normalized spacial score (nSPS) is 18.7. The lowest BCUT2D eigenvalue weighted by atomic mass is 10.2. The third-order valence-electron chi connectivity index (χ3n) is 3.23. The van der Waals surface area contributed by atoms with Gasteiger partial charge in [-0.25, -0.2) is 9.97 Å². The molecule has 122 valence electrons. The van der Waals surface area contributed by atoms with Crippen LogP contribution in [0.2, 0.25) is 0 Å². The molecule has 0 unspecified atom stereocenters. The Labute approximate surface area is 130 Å². The van der Waals surface area contributed by atoms with Gasteiger partial charge in [0.2, 0.25) is 5.82 Å². The molecule has 0 aliphatic carbocycles. The van der Waals surface area contributed by atoms with Gasteiger partial charge in [0.15, 0.2) is 0 Å². The molecule has 1 saturated heterocycles. The fourth-order valence-corrected chi connectivity index (χ4v) is 2.14. The van der Waals surface area contributed by atoms with Crippen molar-refractivity contribution in [2.45, 2.75) is 12.3 Å². The van der Waals surface area contributed by atoms with Gasteiger partial charge in [-0.3, -0.25) is 4.98 Å². The van der Waals surface area contributed by atoms with E-state index in [-0.39, 0.29) is 11.9 Å². The number of anilines is 2. The van der Waals surface area contributed by atoms with Crippen LogP contribution in [0, 0.1) is 0 Å². The number of nitrogens with one attached hydrogen (secondary N) is 2. The molecule has 1 fully saturated rings. The Kier molecular flexibility index (Phi) is 4.39. The summed E-state index contributed by atoms with van der Waals surface area (Å²) in [5, 5.41) is 5.98. The zero-order chi connectivity index (χ0) is 16.3. The van der Waals surface area contributed by atoms with Crippen LogP contribution in [0.3, 0.4) is 0 Å². The van der Waals surface area contributed by atoms with E-state index < -0.39 is 12.0 Å². The van der Waals surface area contributed by atoms with Crippen LogP contribution in [0.15, 0.2) is 30.6 Å².